The van der Waals surface area contributed by atoms with Gasteiger partial charge in [-0.2, -0.15) is 0 Å². The molecule has 0 radical (unpaired) electrons. The van der Waals surface area contributed by atoms with Gasteiger partial charge in [0.25, 0.3) is 0 Å². The lowest BCUT2D eigenvalue weighted by Crippen LogP contribution is -2.35. The summed E-state index contributed by atoms with van der Waals surface area (Å²) in [5.41, 5.74) is 0. The van der Waals surface area contributed by atoms with Crippen LogP contribution >= 0.6 is 0 Å². The number of rotatable bonds is 7. The van der Waals surface area contributed by atoms with Crippen LogP contribution in [0.4, 0.5) is 0 Å². The van der Waals surface area contributed by atoms with Crippen LogP contribution in [0.2, 0.25) is 0 Å². The Balaban J connectivity index is 3.22. The van der Waals surface area contributed by atoms with E-state index in [1.165, 1.54) is 0 Å². The highest BCUT2D eigenvalue weighted by molar-refractivity contribution is 4.62. The van der Waals surface area contributed by atoms with Crippen LogP contribution in [-0.4, -0.2) is 61.1 Å². The fourth-order valence-corrected chi connectivity index (χ4v) is 1.07. The van der Waals surface area contributed by atoms with Crippen LogP contribution in [0.5, 0.6) is 0 Å². The van der Waals surface area contributed by atoms with E-state index >= 15 is 0 Å². The van der Waals surface area contributed by atoms with Crippen molar-refractivity contribution in [1.29, 1.82) is 0 Å². The van der Waals surface area contributed by atoms with Crippen LogP contribution in [0, 0.1) is 0 Å². The number of nitrogens with one attached hydrogen (secondary N) is 1. The van der Waals surface area contributed by atoms with Crippen LogP contribution in [0.15, 0.2) is 0 Å². The molecule has 0 saturated heterocycles. The Kier molecular flexibility index (Phi) is 7.17. The molecule has 0 rings (SSSR count). The monoisotopic (exact) mass is 190 g/mol. The second-order valence-corrected chi connectivity index (χ2v) is 3.76. The quantitative estimate of drug-likeness (QED) is 0.463. The highest BCUT2D eigenvalue weighted by Gasteiger charge is 2.04. The topological polar surface area (TPSA) is 55.7 Å². The Morgan fingerprint density at radius 2 is 1.92 bits per heavy atom. The maximum atomic E-state index is 9.42. The van der Waals surface area contributed by atoms with Gasteiger partial charge in [0.1, 0.15) is 0 Å². The second kappa shape index (κ2) is 7.26. The normalized spacial score (nSPS) is 16.2. The Labute approximate surface area is 80.6 Å². The number of nitrogens with zero attached hydrogens (tertiary/aromatic N) is 1. The van der Waals surface area contributed by atoms with E-state index in [1.54, 1.807) is 6.92 Å². The fraction of sp³-hybridized carbons (Fsp3) is 1.00. The van der Waals surface area contributed by atoms with Gasteiger partial charge in [0.05, 0.1) is 12.2 Å². The molecule has 0 aromatic rings. The van der Waals surface area contributed by atoms with Gasteiger partial charge in [0.2, 0.25) is 0 Å². The van der Waals surface area contributed by atoms with E-state index in [1.807, 2.05) is 19.0 Å². The molecule has 2 atom stereocenters. The first-order chi connectivity index (χ1) is 6.02. The lowest BCUT2D eigenvalue weighted by molar-refractivity contribution is 0.131. The van der Waals surface area contributed by atoms with Crippen molar-refractivity contribution in [1.82, 2.24) is 10.2 Å². The van der Waals surface area contributed by atoms with Crippen molar-refractivity contribution < 1.29 is 10.2 Å². The van der Waals surface area contributed by atoms with Crippen molar-refractivity contribution in [2.45, 2.75) is 25.6 Å². The van der Waals surface area contributed by atoms with Gasteiger partial charge in [0, 0.05) is 13.1 Å². The molecule has 0 amide bonds. The summed E-state index contributed by atoms with van der Waals surface area (Å²) >= 11 is 0. The predicted octanol–water partition coefficient (Wildman–Crippen LogP) is -0.731. The van der Waals surface area contributed by atoms with E-state index in [0.717, 1.165) is 13.0 Å². The summed E-state index contributed by atoms with van der Waals surface area (Å²) in [6.45, 7) is 3.77. The molecule has 0 aliphatic rings. The minimum Gasteiger partial charge on any atom is -0.393 e. The lowest BCUT2D eigenvalue weighted by atomic mass is 10.3. The van der Waals surface area contributed by atoms with Crippen molar-refractivity contribution in [3.05, 3.63) is 0 Å². The summed E-state index contributed by atoms with van der Waals surface area (Å²) in [7, 11) is 3.86. The molecule has 0 aliphatic heterocycles. The zero-order valence-corrected chi connectivity index (χ0v) is 8.82. The molecule has 0 aromatic heterocycles. The molecule has 3 N–H and O–H groups in total. The molecule has 80 valence electrons. The van der Waals surface area contributed by atoms with Crippen molar-refractivity contribution >= 4 is 0 Å². The molecule has 0 aliphatic carbocycles. The summed E-state index contributed by atoms with van der Waals surface area (Å²) < 4.78 is 0. The van der Waals surface area contributed by atoms with E-state index in [4.69, 9.17) is 5.11 Å². The molecule has 0 fully saturated rings. The van der Waals surface area contributed by atoms with E-state index in [2.05, 4.69) is 5.32 Å². The molecule has 0 bridgehead atoms. The van der Waals surface area contributed by atoms with Gasteiger partial charge in [-0.05, 0) is 34.0 Å². The SMILES string of the molecule is CC(O)CCNCC(O)CN(C)C. The molecule has 0 spiro atoms. The van der Waals surface area contributed by atoms with Crippen LogP contribution < -0.4 is 5.32 Å². The fourth-order valence-electron chi connectivity index (χ4n) is 1.07. The zero-order valence-electron chi connectivity index (χ0n) is 8.82. The third-order valence-corrected chi connectivity index (χ3v) is 1.69. The Morgan fingerprint density at radius 3 is 2.38 bits per heavy atom. The molecular formula is C9H22N2O2. The molecule has 0 heterocycles. The number of aliphatic hydroxyl groups is 2. The summed E-state index contributed by atoms with van der Waals surface area (Å²) in [5.74, 6) is 0. The van der Waals surface area contributed by atoms with Crippen molar-refractivity contribution in [3.8, 4) is 0 Å². The minimum absolute atomic E-state index is 0.265. The van der Waals surface area contributed by atoms with Crippen LogP contribution in [0.3, 0.4) is 0 Å². The summed E-state index contributed by atoms with van der Waals surface area (Å²) in [4.78, 5) is 1.95. The number of hydrogen-bond acceptors (Lipinski definition) is 4. The van der Waals surface area contributed by atoms with Gasteiger partial charge >= 0.3 is 0 Å². The first kappa shape index (κ1) is 12.8. The summed E-state index contributed by atoms with van der Waals surface area (Å²) in [6.07, 6.45) is 0.136. The number of aliphatic hydroxyl groups excluding tert-OH is 2. The van der Waals surface area contributed by atoms with Gasteiger partial charge in [-0.3, -0.25) is 0 Å². The maximum absolute atomic E-state index is 9.42. The molecule has 13 heavy (non-hydrogen) atoms. The molecule has 4 nitrogen and oxygen atoms in total. The standard InChI is InChI=1S/C9H22N2O2/c1-8(12)4-5-10-6-9(13)7-11(2)3/h8-10,12-13H,4-7H2,1-3H3. The zero-order chi connectivity index (χ0) is 10.3. The first-order valence-electron chi connectivity index (χ1n) is 4.74. The highest BCUT2D eigenvalue weighted by atomic mass is 16.3. The van der Waals surface area contributed by atoms with Crippen molar-refractivity contribution in [3.63, 3.8) is 0 Å². The van der Waals surface area contributed by atoms with Gasteiger partial charge < -0.3 is 20.4 Å². The van der Waals surface area contributed by atoms with Crippen LogP contribution in [0.25, 0.3) is 0 Å². The molecule has 2 unspecified atom stereocenters. The molecule has 0 saturated carbocycles. The van der Waals surface area contributed by atoms with Crippen LogP contribution in [-0.2, 0) is 0 Å². The maximum Gasteiger partial charge on any atom is 0.0791 e. The number of likely N-dealkylation sites (N-methyl/N-ethyl adjacent to an activating group) is 1. The Morgan fingerprint density at radius 1 is 1.31 bits per heavy atom. The largest absolute Gasteiger partial charge is 0.393 e. The lowest BCUT2D eigenvalue weighted by Gasteiger charge is -2.16. The second-order valence-electron chi connectivity index (χ2n) is 3.76. The van der Waals surface area contributed by atoms with Crippen molar-refractivity contribution in [2.24, 2.45) is 0 Å². The van der Waals surface area contributed by atoms with Crippen LogP contribution in [0.1, 0.15) is 13.3 Å². The summed E-state index contributed by atoms with van der Waals surface area (Å²) in [5, 5.41) is 21.5. The van der Waals surface area contributed by atoms with Gasteiger partial charge in [0.15, 0.2) is 0 Å². The van der Waals surface area contributed by atoms with E-state index in [-0.39, 0.29) is 12.2 Å². The van der Waals surface area contributed by atoms with E-state index in [9.17, 15) is 5.11 Å². The van der Waals surface area contributed by atoms with Gasteiger partial charge in [-0.15, -0.1) is 0 Å². The average Bonchev–Trinajstić information content (AvgIpc) is 1.96. The van der Waals surface area contributed by atoms with Crippen molar-refractivity contribution in [2.75, 3.05) is 33.7 Å². The molecule has 0 aromatic carbocycles. The third kappa shape index (κ3) is 9.76. The van der Waals surface area contributed by atoms with Gasteiger partial charge in [-0.1, -0.05) is 0 Å². The van der Waals surface area contributed by atoms with E-state index in [0.29, 0.717) is 13.1 Å². The van der Waals surface area contributed by atoms with Gasteiger partial charge in [-0.25, -0.2) is 0 Å². The Hall–Kier alpha value is -0.160. The first-order valence-corrected chi connectivity index (χ1v) is 4.74. The number of hydrogen-bond donors (Lipinski definition) is 3. The van der Waals surface area contributed by atoms with E-state index < -0.39 is 0 Å². The smallest absolute Gasteiger partial charge is 0.0791 e. The predicted molar refractivity (Wildman–Crippen MR) is 53.7 cm³/mol. The minimum atomic E-state index is -0.330. The Bertz CT molecular complexity index is 118. The summed E-state index contributed by atoms with van der Waals surface area (Å²) in [6, 6.07) is 0. The molecular weight excluding hydrogens is 168 g/mol. The average molecular weight is 190 g/mol. The highest BCUT2D eigenvalue weighted by Crippen LogP contribution is 1.87. The third-order valence-electron chi connectivity index (χ3n) is 1.69. The molecule has 4 heteroatoms.